The molecule has 2 aliphatic rings. The molecule has 148 valence electrons. The highest BCUT2D eigenvalue weighted by Crippen LogP contribution is 2.32. The lowest BCUT2D eigenvalue weighted by atomic mass is 9.84. The minimum atomic E-state index is -0.668. The summed E-state index contributed by atoms with van der Waals surface area (Å²) in [5.74, 6) is 0.0306. The highest BCUT2D eigenvalue weighted by atomic mass is 35.5. The van der Waals surface area contributed by atoms with Crippen LogP contribution in [0.2, 0.25) is 5.02 Å². The third-order valence-electron chi connectivity index (χ3n) is 6.14. The molecule has 0 aromatic heterocycles. The van der Waals surface area contributed by atoms with E-state index in [4.69, 9.17) is 21.4 Å². The number of hydrogen-bond donors (Lipinski definition) is 1. The zero-order valence-corrected chi connectivity index (χ0v) is 16.9. The van der Waals surface area contributed by atoms with E-state index in [0.29, 0.717) is 25.7 Å². The van der Waals surface area contributed by atoms with Gasteiger partial charge in [-0.2, -0.15) is 0 Å². The van der Waals surface area contributed by atoms with Crippen molar-refractivity contribution in [3.05, 3.63) is 63.7 Å². The van der Waals surface area contributed by atoms with Gasteiger partial charge < -0.3 is 9.84 Å². The molecule has 1 unspecified atom stereocenters. The Balaban J connectivity index is 1.39. The van der Waals surface area contributed by atoms with Gasteiger partial charge in [-0.05, 0) is 60.6 Å². The Hall–Kier alpha value is -2.04. The summed E-state index contributed by atoms with van der Waals surface area (Å²) in [6.45, 7) is 3.98. The van der Waals surface area contributed by atoms with Gasteiger partial charge in [0, 0.05) is 29.7 Å². The van der Waals surface area contributed by atoms with Crippen LogP contribution in [-0.2, 0) is 30.7 Å². The summed E-state index contributed by atoms with van der Waals surface area (Å²) in [6, 6.07) is 12.8. The van der Waals surface area contributed by atoms with Gasteiger partial charge in [0.2, 0.25) is 0 Å². The molecule has 1 saturated heterocycles. The van der Waals surface area contributed by atoms with Crippen LogP contribution < -0.4 is 4.74 Å². The molecule has 1 heterocycles. The third kappa shape index (κ3) is 3.89. The molecule has 2 aromatic carbocycles. The van der Waals surface area contributed by atoms with Crippen molar-refractivity contribution in [2.45, 2.75) is 45.3 Å². The number of halogens is 1. The van der Waals surface area contributed by atoms with Crippen LogP contribution >= 0.6 is 11.6 Å². The van der Waals surface area contributed by atoms with Gasteiger partial charge in [-0.25, -0.2) is 0 Å². The highest BCUT2D eigenvalue weighted by Gasteiger charge is 2.37. The van der Waals surface area contributed by atoms with Crippen LogP contribution in [-0.4, -0.2) is 35.1 Å². The summed E-state index contributed by atoms with van der Waals surface area (Å²) < 4.78 is 6.07. The summed E-state index contributed by atoms with van der Waals surface area (Å²) in [4.78, 5) is 13.3. The number of likely N-dealkylation sites (tertiary alicyclic amines) is 1. The number of carbonyl (C=O) groups is 1. The number of carboxylic acid groups (broad SMARTS) is 1. The fourth-order valence-corrected chi connectivity index (χ4v) is 4.58. The van der Waals surface area contributed by atoms with Crippen LogP contribution in [0.1, 0.15) is 35.6 Å². The monoisotopic (exact) mass is 399 g/mol. The molecule has 2 aromatic rings. The lowest BCUT2D eigenvalue weighted by Crippen LogP contribution is -2.56. The molecule has 1 fully saturated rings. The lowest BCUT2D eigenvalue weighted by molar-refractivity contribution is -0.148. The predicted molar refractivity (Wildman–Crippen MR) is 110 cm³/mol. The number of ether oxygens (including phenoxy) is 1. The van der Waals surface area contributed by atoms with Gasteiger partial charge in [0.05, 0.1) is 5.92 Å². The third-order valence-corrected chi connectivity index (χ3v) is 6.49. The first-order chi connectivity index (χ1) is 13.5. The maximum absolute atomic E-state index is 11.0. The van der Waals surface area contributed by atoms with E-state index >= 15 is 0 Å². The van der Waals surface area contributed by atoms with E-state index in [1.807, 2.05) is 18.2 Å². The normalized spacial score (nSPS) is 19.7. The molecule has 1 atom stereocenters. The van der Waals surface area contributed by atoms with Gasteiger partial charge >= 0.3 is 5.97 Å². The Labute approximate surface area is 171 Å². The van der Waals surface area contributed by atoms with Gasteiger partial charge in [-0.3, -0.25) is 9.69 Å². The fourth-order valence-electron chi connectivity index (χ4n) is 4.33. The molecule has 0 saturated carbocycles. The van der Waals surface area contributed by atoms with Crippen molar-refractivity contribution < 1.29 is 14.6 Å². The molecule has 5 heteroatoms. The lowest BCUT2D eigenvalue weighted by Gasteiger charge is -2.44. The van der Waals surface area contributed by atoms with Gasteiger partial charge in [0.1, 0.15) is 12.4 Å². The summed E-state index contributed by atoms with van der Waals surface area (Å²) in [5, 5.41) is 9.83. The van der Waals surface area contributed by atoms with Crippen molar-refractivity contribution in [3.63, 3.8) is 0 Å². The maximum Gasteiger partial charge on any atom is 0.309 e. The number of aryl methyl sites for hydroxylation is 2. The first-order valence-corrected chi connectivity index (χ1v) is 10.4. The smallest absolute Gasteiger partial charge is 0.309 e. The predicted octanol–water partition coefficient (Wildman–Crippen LogP) is 4.36. The van der Waals surface area contributed by atoms with Crippen molar-refractivity contribution in [3.8, 4) is 5.75 Å². The van der Waals surface area contributed by atoms with Crippen LogP contribution in [0.4, 0.5) is 0 Å². The summed E-state index contributed by atoms with van der Waals surface area (Å²) in [6.07, 6.45) is 4.02. The van der Waals surface area contributed by atoms with Gasteiger partial charge in [0.15, 0.2) is 0 Å². The molecule has 1 aliphatic carbocycles. The minimum absolute atomic E-state index is 0.185. The van der Waals surface area contributed by atoms with E-state index in [1.165, 1.54) is 16.7 Å². The molecule has 0 bridgehead atoms. The number of rotatable bonds is 6. The van der Waals surface area contributed by atoms with E-state index in [-0.39, 0.29) is 5.92 Å². The average Bonchev–Trinajstić information content (AvgIpc) is 2.65. The van der Waals surface area contributed by atoms with Crippen LogP contribution in [0.5, 0.6) is 5.75 Å². The second-order valence-corrected chi connectivity index (χ2v) is 8.24. The van der Waals surface area contributed by atoms with E-state index in [2.05, 4.69) is 30.0 Å². The van der Waals surface area contributed by atoms with Crippen molar-refractivity contribution in [1.29, 1.82) is 0 Å². The highest BCUT2D eigenvalue weighted by molar-refractivity contribution is 6.31. The molecule has 1 aliphatic heterocycles. The van der Waals surface area contributed by atoms with Crippen molar-refractivity contribution >= 4 is 17.6 Å². The zero-order chi connectivity index (χ0) is 19.7. The second kappa shape index (κ2) is 8.14. The molecule has 0 radical (unpaired) electrons. The van der Waals surface area contributed by atoms with Crippen molar-refractivity contribution in [2.75, 3.05) is 13.1 Å². The van der Waals surface area contributed by atoms with Crippen molar-refractivity contribution in [2.24, 2.45) is 5.92 Å². The molecular weight excluding hydrogens is 374 g/mol. The Morgan fingerprint density at radius 2 is 2.07 bits per heavy atom. The topological polar surface area (TPSA) is 49.8 Å². The Bertz CT molecular complexity index is 876. The molecule has 4 nitrogen and oxygen atoms in total. The molecule has 0 amide bonds. The number of nitrogens with zero attached hydrogens (tertiary/aromatic N) is 1. The Morgan fingerprint density at radius 3 is 2.82 bits per heavy atom. The maximum atomic E-state index is 11.0. The molecule has 0 spiro atoms. The quantitative estimate of drug-likeness (QED) is 0.784. The number of carboxylic acids is 1. The van der Waals surface area contributed by atoms with Crippen LogP contribution in [0.25, 0.3) is 0 Å². The van der Waals surface area contributed by atoms with E-state index in [9.17, 15) is 4.79 Å². The average molecular weight is 400 g/mol. The van der Waals surface area contributed by atoms with Gasteiger partial charge in [-0.15, -0.1) is 0 Å². The molecule has 28 heavy (non-hydrogen) atoms. The Morgan fingerprint density at radius 1 is 1.25 bits per heavy atom. The standard InChI is InChI=1S/C23H26ClNO3/c1-2-15-4-3-5-22(24)21(15)14-28-20-9-7-16-10-19(8-6-17(16)11-20)25-12-18(13-25)23(26)27/h3-5,7,9,11,18-19H,2,6,8,10,12-14H2,1H3,(H,26,27). The number of benzene rings is 2. The molecule has 4 rings (SSSR count). The van der Waals surface area contributed by atoms with Crippen LogP contribution in [0, 0.1) is 5.92 Å². The van der Waals surface area contributed by atoms with Crippen LogP contribution in [0.15, 0.2) is 36.4 Å². The first-order valence-electron chi connectivity index (χ1n) is 10.0. The minimum Gasteiger partial charge on any atom is -0.489 e. The first kappa shape index (κ1) is 19.3. The van der Waals surface area contributed by atoms with Crippen LogP contribution in [0.3, 0.4) is 0 Å². The summed E-state index contributed by atoms with van der Waals surface area (Å²) >= 11 is 6.36. The van der Waals surface area contributed by atoms with Crippen molar-refractivity contribution in [1.82, 2.24) is 4.90 Å². The second-order valence-electron chi connectivity index (χ2n) is 7.84. The molecule has 1 N–H and O–H groups in total. The SMILES string of the molecule is CCc1cccc(Cl)c1COc1ccc2c(c1)CCC(N1CC(C(=O)O)C1)C2. The van der Waals surface area contributed by atoms with E-state index < -0.39 is 5.97 Å². The summed E-state index contributed by atoms with van der Waals surface area (Å²) in [7, 11) is 0. The number of aliphatic carboxylic acids is 1. The summed E-state index contributed by atoms with van der Waals surface area (Å²) in [5.41, 5.74) is 4.99. The Kier molecular flexibility index (Phi) is 5.61. The largest absolute Gasteiger partial charge is 0.489 e. The van der Waals surface area contributed by atoms with E-state index in [1.54, 1.807) is 0 Å². The van der Waals surface area contributed by atoms with E-state index in [0.717, 1.165) is 42.0 Å². The number of hydrogen-bond acceptors (Lipinski definition) is 3. The van der Waals surface area contributed by atoms with Gasteiger partial charge in [0.25, 0.3) is 0 Å². The van der Waals surface area contributed by atoms with Gasteiger partial charge in [-0.1, -0.05) is 36.7 Å². The fraction of sp³-hybridized carbons (Fsp3) is 0.435. The number of fused-ring (bicyclic) bond motifs is 1. The zero-order valence-electron chi connectivity index (χ0n) is 16.2. The molecular formula is C23H26ClNO3.